The van der Waals surface area contributed by atoms with Crippen LogP contribution in [0.2, 0.25) is 0 Å². The van der Waals surface area contributed by atoms with Crippen molar-refractivity contribution in [3.05, 3.63) is 60.2 Å². The lowest BCUT2D eigenvalue weighted by atomic mass is 9.96. The Morgan fingerprint density at radius 2 is 1.79 bits per heavy atom. The molecule has 0 spiro atoms. The highest BCUT2D eigenvalue weighted by molar-refractivity contribution is 5.81. The van der Waals surface area contributed by atoms with Gasteiger partial charge in [0.15, 0.2) is 5.82 Å². The summed E-state index contributed by atoms with van der Waals surface area (Å²) < 4.78 is 5.51. The third-order valence-electron chi connectivity index (χ3n) is 5.46. The SMILES string of the molecule is COc1nc2ccccc2nc1N1CCC[C@H](C(=O)N[C@@H](C)c2ccccc2)C1. The number of ether oxygens (including phenoxy) is 1. The summed E-state index contributed by atoms with van der Waals surface area (Å²) in [6, 6.07) is 17.8. The minimum atomic E-state index is -0.0899. The summed E-state index contributed by atoms with van der Waals surface area (Å²) in [6.07, 6.45) is 1.79. The van der Waals surface area contributed by atoms with E-state index in [1.807, 2.05) is 61.5 Å². The van der Waals surface area contributed by atoms with Crippen LogP contribution in [0.25, 0.3) is 11.0 Å². The highest BCUT2D eigenvalue weighted by Crippen LogP contribution is 2.30. The number of anilines is 1. The molecule has 1 N–H and O–H groups in total. The lowest BCUT2D eigenvalue weighted by molar-refractivity contribution is -0.125. The Kier molecular flexibility index (Phi) is 5.60. The van der Waals surface area contributed by atoms with Gasteiger partial charge < -0.3 is 15.0 Å². The largest absolute Gasteiger partial charge is 0.478 e. The molecule has 29 heavy (non-hydrogen) atoms. The van der Waals surface area contributed by atoms with Crippen LogP contribution >= 0.6 is 0 Å². The number of aromatic nitrogens is 2. The van der Waals surface area contributed by atoms with Crippen molar-refractivity contribution in [3.8, 4) is 5.88 Å². The van der Waals surface area contributed by atoms with Gasteiger partial charge in [-0.2, -0.15) is 0 Å². The molecule has 2 atom stereocenters. The Morgan fingerprint density at radius 3 is 2.52 bits per heavy atom. The molecule has 0 bridgehead atoms. The van der Waals surface area contributed by atoms with E-state index in [9.17, 15) is 4.79 Å². The number of hydrogen-bond acceptors (Lipinski definition) is 5. The number of para-hydroxylation sites is 2. The molecule has 1 aliphatic rings. The fourth-order valence-electron chi connectivity index (χ4n) is 3.86. The molecule has 1 aromatic heterocycles. The number of rotatable bonds is 5. The quantitative estimate of drug-likeness (QED) is 0.719. The first-order valence-electron chi connectivity index (χ1n) is 10.1. The van der Waals surface area contributed by atoms with E-state index in [0.29, 0.717) is 18.2 Å². The number of nitrogens with one attached hydrogen (secondary N) is 1. The van der Waals surface area contributed by atoms with Gasteiger partial charge in [0, 0.05) is 13.1 Å². The van der Waals surface area contributed by atoms with Crippen LogP contribution in [0.15, 0.2) is 54.6 Å². The van der Waals surface area contributed by atoms with E-state index < -0.39 is 0 Å². The lowest BCUT2D eigenvalue weighted by Gasteiger charge is -2.33. The number of carbonyl (C=O) groups excluding carboxylic acids is 1. The number of carbonyl (C=O) groups is 1. The van der Waals surface area contributed by atoms with Crippen LogP contribution < -0.4 is 15.0 Å². The van der Waals surface area contributed by atoms with Crippen LogP contribution in [-0.4, -0.2) is 36.1 Å². The maximum Gasteiger partial charge on any atom is 0.257 e. The second-order valence-electron chi connectivity index (χ2n) is 7.47. The summed E-state index contributed by atoms with van der Waals surface area (Å²) in [4.78, 5) is 24.4. The van der Waals surface area contributed by atoms with Crippen LogP contribution in [0.1, 0.15) is 31.4 Å². The molecule has 1 amide bonds. The van der Waals surface area contributed by atoms with Crippen molar-refractivity contribution in [1.29, 1.82) is 0 Å². The van der Waals surface area contributed by atoms with Gasteiger partial charge in [-0.3, -0.25) is 4.79 Å². The minimum Gasteiger partial charge on any atom is -0.478 e. The molecule has 0 radical (unpaired) electrons. The molecular formula is C23H26N4O2. The second-order valence-corrected chi connectivity index (χ2v) is 7.47. The number of nitrogens with zero attached hydrogens (tertiary/aromatic N) is 3. The third-order valence-corrected chi connectivity index (χ3v) is 5.46. The average molecular weight is 390 g/mol. The summed E-state index contributed by atoms with van der Waals surface area (Å²) in [7, 11) is 1.61. The van der Waals surface area contributed by atoms with Gasteiger partial charge in [-0.15, -0.1) is 0 Å². The van der Waals surface area contributed by atoms with E-state index in [-0.39, 0.29) is 17.9 Å². The van der Waals surface area contributed by atoms with E-state index in [0.717, 1.165) is 36.0 Å². The molecular weight excluding hydrogens is 364 g/mol. The first kappa shape index (κ1) is 19.2. The summed E-state index contributed by atoms with van der Waals surface area (Å²) in [6.45, 7) is 3.46. The smallest absolute Gasteiger partial charge is 0.257 e. The zero-order valence-electron chi connectivity index (χ0n) is 16.8. The molecule has 4 rings (SSSR count). The van der Waals surface area contributed by atoms with Crippen molar-refractivity contribution in [1.82, 2.24) is 15.3 Å². The number of fused-ring (bicyclic) bond motifs is 1. The molecule has 3 aromatic rings. The van der Waals surface area contributed by atoms with Crippen molar-refractivity contribution in [2.24, 2.45) is 5.92 Å². The first-order valence-corrected chi connectivity index (χ1v) is 10.1. The molecule has 1 fully saturated rings. The average Bonchev–Trinajstić information content (AvgIpc) is 2.78. The summed E-state index contributed by atoms with van der Waals surface area (Å²) in [5.41, 5.74) is 2.74. The van der Waals surface area contributed by atoms with Crippen LogP contribution in [0.4, 0.5) is 5.82 Å². The van der Waals surface area contributed by atoms with Gasteiger partial charge in [0.2, 0.25) is 5.91 Å². The summed E-state index contributed by atoms with van der Waals surface area (Å²) in [5.74, 6) is 1.20. The van der Waals surface area contributed by atoms with E-state index in [4.69, 9.17) is 9.72 Å². The van der Waals surface area contributed by atoms with Crippen molar-refractivity contribution in [2.45, 2.75) is 25.8 Å². The molecule has 6 nitrogen and oxygen atoms in total. The zero-order chi connectivity index (χ0) is 20.2. The van der Waals surface area contributed by atoms with Crippen LogP contribution in [0.3, 0.4) is 0 Å². The fraction of sp³-hybridized carbons (Fsp3) is 0.348. The van der Waals surface area contributed by atoms with Gasteiger partial charge in [0.05, 0.1) is 30.1 Å². The first-order chi connectivity index (χ1) is 14.2. The Morgan fingerprint density at radius 1 is 1.10 bits per heavy atom. The Labute approximate surface area is 170 Å². The molecule has 150 valence electrons. The fourth-order valence-corrected chi connectivity index (χ4v) is 3.86. The van der Waals surface area contributed by atoms with Crippen molar-refractivity contribution in [3.63, 3.8) is 0 Å². The minimum absolute atomic E-state index is 0.0194. The highest BCUT2D eigenvalue weighted by Gasteiger charge is 2.29. The topological polar surface area (TPSA) is 67.4 Å². The lowest BCUT2D eigenvalue weighted by Crippen LogP contribution is -2.44. The Balaban J connectivity index is 1.51. The Bertz CT molecular complexity index is 993. The molecule has 2 aromatic carbocycles. The Hall–Kier alpha value is -3.15. The van der Waals surface area contributed by atoms with Gasteiger partial charge in [-0.05, 0) is 37.5 Å². The molecule has 0 aliphatic carbocycles. The number of amides is 1. The predicted molar refractivity (Wildman–Crippen MR) is 114 cm³/mol. The summed E-state index contributed by atoms with van der Waals surface area (Å²) >= 11 is 0. The van der Waals surface area contributed by atoms with Crippen molar-refractivity contribution < 1.29 is 9.53 Å². The zero-order valence-corrected chi connectivity index (χ0v) is 16.8. The summed E-state index contributed by atoms with van der Waals surface area (Å²) in [5, 5.41) is 3.16. The van der Waals surface area contributed by atoms with Crippen molar-refractivity contribution in [2.75, 3.05) is 25.1 Å². The number of methoxy groups -OCH3 is 1. The normalized spacial score (nSPS) is 17.7. The van der Waals surface area contributed by atoms with E-state index in [1.165, 1.54) is 0 Å². The van der Waals surface area contributed by atoms with Crippen LogP contribution in [0, 0.1) is 5.92 Å². The van der Waals surface area contributed by atoms with Gasteiger partial charge in [0.25, 0.3) is 5.88 Å². The monoisotopic (exact) mass is 390 g/mol. The molecule has 0 unspecified atom stereocenters. The molecule has 2 heterocycles. The van der Waals surface area contributed by atoms with Crippen LogP contribution in [-0.2, 0) is 4.79 Å². The second kappa shape index (κ2) is 8.47. The number of hydrogen-bond donors (Lipinski definition) is 1. The van der Waals surface area contributed by atoms with Crippen molar-refractivity contribution >= 4 is 22.8 Å². The van der Waals surface area contributed by atoms with Gasteiger partial charge >= 0.3 is 0 Å². The maximum absolute atomic E-state index is 12.9. The maximum atomic E-state index is 12.9. The molecule has 1 saturated heterocycles. The van der Waals surface area contributed by atoms with Crippen LogP contribution in [0.5, 0.6) is 5.88 Å². The molecule has 0 saturated carbocycles. The van der Waals surface area contributed by atoms with Gasteiger partial charge in [-0.25, -0.2) is 9.97 Å². The molecule has 1 aliphatic heterocycles. The van der Waals surface area contributed by atoms with E-state index in [2.05, 4.69) is 15.2 Å². The van der Waals surface area contributed by atoms with Gasteiger partial charge in [0.1, 0.15) is 0 Å². The standard InChI is InChI=1S/C23H26N4O2/c1-16(17-9-4-3-5-10-17)24-22(28)18-11-8-14-27(15-18)21-23(29-2)26-20-13-7-6-12-19(20)25-21/h3-7,9-10,12-13,16,18H,8,11,14-15H2,1-2H3,(H,24,28)/t16-,18-/m0/s1. The number of benzene rings is 2. The number of piperidine rings is 1. The molecule has 6 heteroatoms. The van der Waals surface area contributed by atoms with E-state index >= 15 is 0 Å². The van der Waals surface area contributed by atoms with Gasteiger partial charge in [-0.1, -0.05) is 42.5 Å². The van der Waals surface area contributed by atoms with E-state index in [1.54, 1.807) is 7.11 Å². The predicted octanol–water partition coefficient (Wildman–Crippen LogP) is 3.73. The highest BCUT2D eigenvalue weighted by atomic mass is 16.5. The third kappa shape index (κ3) is 4.16.